The predicted octanol–water partition coefficient (Wildman–Crippen LogP) is 3.23. The van der Waals surface area contributed by atoms with E-state index >= 15 is 0 Å². The second kappa shape index (κ2) is 5.40. The Bertz CT molecular complexity index is 604. The van der Waals surface area contributed by atoms with Gasteiger partial charge in [-0.1, -0.05) is 12.1 Å². The first kappa shape index (κ1) is 14.2. The van der Waals surface area contributed by atoms with Crippen molar-refractivity contribution in [2.24, 2.45) is 0 Å². The van der Waals surface area contributed by atoms with Gasteiger partial charge in [-0.05, 0) is 24.6 Å². The third-order valence-electron chi connectivity index (χ3n) is 2.71. The Hall–Kier alpha value is -2.24. The van der Waals surface area contributed by atoms with Crippen LogP contribution in [0.1, 0.15) is 27.3 Å². The molecule has 2 aromatic rings. The van der Waals surface area contributed by atoms with Crippen molar-refractivity contribution in [2.75, 3.05) is 0 Å². The highest BCUT2D eigenvalue weighted by Crippen LogP contribution is 2.29. The fourth-order valence-corrected chi connectivity index (χ4v) is 1.62. The lowest BCUT2D eigenvalue weighted by molar-refractivity contribution is -0.137. The first-order valence-corrected chi connectivity index (χ1v) is 5.84. The zero-order valence-corrected chi connectivity index (χ0v) is 10.6. The second-order valence-corrected chi connectivity index (χ2v) is 4.34. The van der Waals surface area contributed by atoms with Crippen molar-refractivity contribution < 1.29 is 18.0 Å². The van der Waals surface area contributed by atoms with Crippen LogP contribution < -0.4 is 0 Å². The maximum atomic E-state index is 12.4. The molecule has 0 fully saturated rings. The molecule has 0 amide bonds. The van der Waals surface area contributed by atoms with E-state index in [1.807, 2.05) is 0 Å². The summed E-state index contributed by atoms with van der Waals surface area (Å²) < 4.78 is 37.2. The van der Waals surface area contributed by atoms with E-state index in [4.69, 9.17) is 0 Å². The first-order chi connectivity index (χ1) is 9.36. The molecule has 3 nitrogen and oxygen atoms in total. The number of carbonyl (C=O) groups excluding carboxylic acids is 1. The van der Waals surface area contributed by atoms with Crippen LogP contribution in [0.4, 0.5) is 13.2 Å². The molecule has 1 aromatic heterocycles. The van der Waals surface area contributed by atoms with Gasteiger partial charge >= 0.3 is 6.18 Å². The standard InChI is InChI=1S/C14H11F3N2O/c1-9-7-19-12(8-18-9)13(20)6-10-2-4-11(5-3-10)14(15,16)17/h2-5,7-8H,6H2,1H3. The van der Waals surface area contributed by atoms with Crippen molar-refractivity contribution in [3.63, 3.8) is 0 Å². The summed E-state index contributed by atoms with van der Waals surface area (Å²) in [5.41, 5.74) is 0.667. The van der Waals surface area contributed by atoms with Gasteiger partial charge in [0.15, 0.2) is 5.78 Å². The molecule has 0 aliphatic rings. The van der Waals surface area contributed by atoms with E-state index in [0.717, 1.165) is 12.1 Å². The zero-order chi connectivity index (χ0) is 14.8. The average Bonchev–Trinajstić information content (AvgIpc) is 2.39. The molecule has 0 aliphatic carbocycles. The molecule has 1 aromatic carbocycles. The zero-order valence-electron chi connectivity index (χ0n) is 10.6. The Morgan fingerprint density at radius 2 is 1.75 bits per heavy atom. The van der Waals surface area contributed by atoms with E-state index in [9.17, 15) is 18.0 Å². The van der Waals surface area contributed by atoms with Crippen LogP contribution in [0.25, 0.3) is 0 Å². The van der Waals surface area contributed by atoms with E-state index in [1.165, 1.54) is 24.5 Å². The Kier molecular flexibility index (Phi) is 3.83. The van der Waals surface area contributed by atoms with Gasteiger partial charge in [-0.2, -0.15) is 13.2 Å². The van der Waals surface area contributed by atoms with Gasteiger partial charge in [-0.3, -0.25) is 9.78 Å². The van der Waals surface area contributed by atoms with E-state index < -0.39 is 11.7 Å². The molecule has 0 N–H and O–H groups in total. The van der Waals surface area contributed by atoms with Crippen LogP contribution in [0.2, 0.25) is 0 Å². The van der Waals surface area contributed by atoms with Crippen molar-refractivity contribution in [3.8, 4) is 0 Å². The van der Waals surface area contributed by atoms with Crippen molar-refractivity contribution in [2.45, 2.75) is 19.5 Å². The van der Waals surface area contributed by atoms with Crippen molar-refractivity contribution in [1.29, 1.82) is 0 Å². The van der Waals surface area contributed by atoms with Gasteiger partial charge in [0.05, 0.1) is 17.5 Å². The maximum absolute atomic E-state index is 12.4. The third-order valence-corrected chi connectivity index (χ3v) is 2.71. The summed E-state index contributed by atoms with van der Waals surface area (Å²) in [4.78, 5) is 19.8. The highest BCUT2D eigenvalue weighted by atomic mass is 19.4. The molecular weight excluding hydrogens is 269 g/mol. The molecule has 0 saturated carbocycles. The number of carbonyl (C=O) groups is 1. The summed E-state index contributed by atoms with van der Waals surface area (Å²) in [6, 6.07) is 4.51. The molecule has 0 radical (unpaired) electrons. The summed E-state index contributed by atoms with van der Waals surface area (Å²) in [7, 11) is 0. The number of nitrogens with zero attached hydrogens (tertiary/aromatic N) is 2. The minimum Gasteiger partial charge on any atom is -0.292 e. The van der Waals surface area contributed by atoms with Crippen LogP contribution in [0.15, 0.2) is 36.7 Å². The molecule has 0 aliphatic heterocycles. The number of hydrogen-bond acceptors (Lipinski definition) is 3. The van der Waals surface area contributed by atoms with Gasteiger partial charge in [-0.15, -0.1) is 0 Å². The lowest BCUT2D eigenvalue weighted by Gasteiger charge is -2.07. The van der Waals surface area contributed by atoms with Gasteiger partial charge < -0.3 is 0 Å². The second-order valence-electron chi connectivity index (χ2n) is 4.34. The topological polar surface area (TPSA) is 42.9 Å². The number of rotatable bonds is 3. The van der Waals surface area contributed by atoms with E-state index in [1.54, 1.807) is 6.92 Å². The lowest BCUT2D eigenvalue weighted by atomic mass is 10.1. The maximum Gasteiger partial charge on any atom is 0.416 e. The number of Topliss-reactive ketones (excluding diaryl/α,β-unsaturated/α-hetero) is 1. The van der Waals surface area contributed by atoms with Gasteiger partial charge in [0, 0.05) is 12.6 Å². The molecule has 0 spiro atoms. The van der Waals surface area contributed by atoms with Gasteiger partial charge in [-0.25, -0.2) is 4.98 Å². The van der Waals surface area contributed by atoms with E-state index in [2.05, 4.69) is 9.97 Å². The third kappa shape index (κ3) is 3.40. The van der Waals surface area contributed by atoms with E-state index in [0.29, 0.717) is 11.3 Å². The molecule has 0 saturated heterocycles. The molecule has 1 heterocycles. The van der Waals surface area contributed by atoms with Crippen LogP contribution in [-0.4, -0.2) is 15.8 Å². The van der Waals surface area contributed by atoms with E-state index in [-0.39, 0.29) is 17.9 Å². The summed E-state index contributed by atoms with van der Waals surface area (Å²) in [5, 5.41) is 0. The van der Waals surface area contributed by atoms with Gasteiger partial charge in [0.2, 0.25) is 0 Å². The number of aryl methyl sites for hydroxylation is 1. The first-order valence-electron chi connectivity index (χ1n) is 5.84. The highest BCUT2D eigenvalue weighted by molar-refractivity contribution is 5.95. The summed E-state index contributed by atoms with van der Waals surface area (Å²) in [6.45, 7) is 1.75. The minimum atomic E-state index is -4.37. The molecule has 0 bridgehead atoms. The minimum absolute atomic E-state index is 0.00409. The van der Waals surface area contributed by atoms with Crippen LogP contribution in [0.3, 0.4) is 0 Å². The summed E-state index contributed by atoms with van der Waals surface area (Å²) in [5.74, 6) is -0.280. The quantitative estimate of drug-likeness (QED) is 0.811. The molecule has 6 heteroatoms. The fraction of sp³-hybridized carbons (Fsp3) is 0.214. The number of hydrogen-bond donors (Lipinski definition) is 0. The molecular formula is C14H11F3N2O. The Balaban J connectivity index is 2.10. The van der Waals surface area contributed by atoms with Crippen LogP contribution in [-0.2, 0) is 12.6 Å². The Morgan fingerprint density at radius 1 is 1.10 bits per heavy atom. The molecule has 0 atom stereocenters. The normalized spacial score (nSPS) is 11.4. The Morgan fingerprint density at radius 3 is 2.25 bits per heavy atom. The summed E-state index contributed by atoms with van der Waals surface area (Å²) >= 11 is 0. The number of halogens is 3. The molecule has 0 unspecified atom stereocenters. The number of benzene rings is 1. The monoisotopic (exact) mass is 280 g/mol. The van der Waals surface area contributed by atoms with Crippen molar-refractivity contribution >= 4 is 5.78 Å². The molecule has 104 valence electrons. The SMILES string of the molecule is Cc1cnc(C(=O)Cc2ccc(C(F)(F)F)cc2)cn1. The van der Waals surface area contributed by atoms with Gasteiger partial charge in [0.25, 0.3) is 0 Å². The lowest BCUT2D eigenvalue weighted by Crippen LogP contribution is -2.08. The smallest absolute Gasteiger partial charge is 0.292 e. The number of alkyl halides is 3. The van der Waals surface area contributed by atoms with Gasteiger partial charge in [0.1, 0.15) is 5.69 Å². The van der Waals surface area contributed by atoms with Crippen LogP contribution in [0.5, 0.6) is 0 Å². The van der Waals surface area contributed by atoms with Crippen molar-refractivity contribution in [1.82, 2.24) is 9.97 Å². The van der Waals surface area contributed by atoms with Crippen LogP contribution in [0, 0.1) is 6.92 Å². The number of ketones is 1. The largest absolute Gasteiger partial charge is 0.416 e. The Labute approximate surface area is 113 Å². The average molecular weight is 280 g/mol. The highest BCUT2D eigenvalue weighted by Gasteiger charge is 2.29. The molecule has 20 heavy (non-hydrogen) atoms. The van der Waals surface area contributed by atoms with Crippen LogP contribution >= 0.6 is 0 Å². The number of aromatic nitrogens is 2. The summed E-state index contributed by atoms with van der Waals surface area (Å²) in [6.07, 6.45) is -1.54. The fourth-order valence-electron chi connectivity index (χ4n) is 1.62. The molecule has 2 rings (SSSR count). The van der Waals surface area contributed by atoms with Crippen molar-refractivity contribution in [3.05, 3.63) is 59.2 Å². The predicted molar refractivity (Wildman–Crippen MR) is 66.2 cm³/mol.